The number of likely N-dealkylation sites (tertiary alicyclic amines) is 1. The number of nitrogens with zero attached hydrogens (tertiary/aromatic N) is 1. The Bertz CT molecular complexity index is 1010. The maximum atomic E-state index is 13.7. The Morgan fingerprint density at radius 3 is 2.91 bits per heavy atom. The third kappa shape index (κ3) is 3.89. The van der Waals surface area contributed by atoms with E-state index in [9.17, 15) is 14.0 Å². The van der Waals surface area contributed by atoms with Gasteiger partial charge in [-0.3, -0.25) is 9.59 Å². The largest absolute Gasteiger partial charge is 0.382 e. The predicted molar refractivity (Wildman–Crippen MR) is 120 cm³/mol. The third-order valence-corrected chi connectivity index (χ3v) is 7.18. The lowest BCUT2D eigenvalue weighted by Crippen LogP contribution is -2.58. The number of carbonyl (C=O) groups is 2. The quantitative estimate of drug-likeness (QED) is 0.512. The smallest absolute Gasteiger partial charge is 0.247 e. The van der Waals surface area contributed by atoms with E-state index in [4.69, 9.17) is 10.5 Å². The van der Waals surface area contributed by atoms with Gasteiger partial charge in [0.05, 0.1) is 18.7 Å². The van der Waals surface area contributed by atoms with E-state index in [1.807, 2.05) is 11.1 Å². The monoisotopic (exact) mass is 445 g/mol. The van der Waals surface area contributed by atoms with Gasteiger partial charge in [-0.1, -0.05) is 0 Å². The van der Waals surface area contributed by atoms with Crippen LogP contribution in [0.15, 0.2) is 24.4 Å². The summed E-state index contributed by atoms with van der Waals surface area (Å²) in [5.74, 6) is -0.709. The molecule has 1 saturated heterocycles. The van der Waals surface area contributed by atoms with Crippen LogP contribution in [0.1, 0.15) is 37.7 Å². The van der Waals surface area contributed by atoms with Crippen molar-refractivity contribution in [3.8, 4) is 0 Å². The summed E-state index contributed by atoms with van der Waals surface area (Å²) in [7, 11) is 3.20. The molecule has 1 unspecified atom stereocenters. The summed E-state index contributed by atoms with van der Waals surface area (Å²) >= 11 is 0. The molecule has 5 atom stereocenters. The molecule has 5 N–H and O–H groups in total. The Morgan fingerprint density at radius 1 is 1.41 bits per heavy atom. The highest BCUT2D eigenvalue weighted by Crippen LogP contribution is 2.49. The SMILES string of the molecule is CN[C@@H](C)C(=O)NC(COC)C(=O)N1CC[C@@]2(N)CC[C@H](c3c[nH]c4cc(F)ccc34)[C@@H]12. The fourth-order valence-electron chi connectivity index (χ4n) is 5.37. The lowest BCUT2D eigenvalue weighted by molar-refractivity contribution is -0.139. The highest BCUT2D eigenvalue weighted by atomic mass is 19.1. The van der Waals surface area contributed by atoms with Gasteiger partial charge in [0.2, 0.25) is 11.8 Å². The molecular formula is C23H32FN5O3. The first kappa shape index (κ1) is 22.7. The average Bonchev–Trinajstić information content (AvgIpc) is 3.43. The van der Waals surface area contributed by atoms with Crippen molar-refractivity contribution >= 4 is 22.7 Å². The number of nitrogens with one attached hydrogen (secondary N) is 3. The standard InChI is InChI=1S/C23H32FN5O3/c1-13(26-2)21(30)28-19(12-32-3)22(31)29-9-8-23(25)7-6-16(20(23)29)17-11-27-18-10-14(24)4-5-15(17)18/h4-5,10-11,13,16,19-20,26-27H,6-9,12,25H2,1-3H3,(H,28,30)/t13-,16+,19?,20+,23-/m0/s1. The zero-order chi connectivity index (χ0) is 23.0. The molecule has 32 heavy (non-hydrogen) atoms. The number of methoxy groups -OCH3 is 1. The minimum atomic E-state index is -0.788. The molecule has 2 amide bonds. The number of halogens is 1. The summed E-state index contributed by atoms with van der Waals surface area (Å²) in [6, 6.07) is 3.30. The average molecular weight is 446 g/mol. The van der Waals surface area contributed by atoms with Crippen LogP contribution in [-0.2, 0) is 14.3 Å². The number of hydrogen-bond acceptors (Lipinski definition) is 5. The Kier molecular flexibility index (Phi) is 6.24. The second-order valence-electron chi connectivity index (χ2n) is 9.07. The number of rotatable bonds is 7. The van der Waals surface area contributed by atoms with Crippen molar-refractivity contribution in [3.05, 3.63) is 35.8 Å². The van der Waals surface area contributed by atoms with Gasteiger partial charge in [0.15, 0.2) is 0 Å². The van der Waals surface area contributed by atoms with E-state index in [-0.39, 0.29) is 36.2 Å². The van der Waals surface area contributed by atoms with E-state index in [0.29, 0.717) is 13.0 Å². The van der Waals surface area contributed by atoms with Crippen LogP contribution in [0.5, 0.6) is 0 Å². The first-order valence-electron chi connectivity index (χ1n) is 11.1. The number of carbonyl (C=O) groups excluding carboxylic acids is 2. The van der Waals surface area contributed by atoms with E-state index in [1.54, 1.807) is 20.0 Å². The van der Waals surface area contributed by atoms with Gasteiger partial charge in [0, 0.05) is 42.2 Å². The normalized spacial score (nSPS) is 26.8. The molecule has 2 aromatic rings. The molecule has 1 aromatic heterocycles. The van der Waals surface area contributed by atoms with Gasteiger partial charge in [-0.25, -0.2) is 4.39 Å². The highest BCUT2D eigenvalue weighted by molar-refractivity contribution is 5.90. The summed E-state index contributed by atoms with van der Waals surface area (Å²) in [4.78, 5) is 31.0. The molecule has 9 heteroatoms. The number of fused-ring (bicyclic) bond motifs is 2. The summed E-state index contributed by atoms with van der Waals surface area (Å²) in [6.45, 7) is 2.35. The molecule has 0 spiro atoms. The number of likely N-dealkylation sites (N-methyl/N-ethyl adjacent to an activating group) is 1. The molecule has 0 radical (unpaired) electrons. The molecular weight excluding hydrogens is 413 g/mol. The lowest BCUT2D eigenvalue weighted by Gasteiger charge is -2.35. The molecule has 2 aliphatic rings. The summed E-state index contributed by atoms with van der Waals surface area (Å²) in [5.41, 5.74) is 8.11. The first-order valence-corrected chi connectivity index (χ1v) is 11.1. The fraction of sp³-hybridized carbons (Fsp3) is 0.565. The highest BCUT2D eigenvalue weighted by Gasteiger charge is 2.55. The minimum Gasteiger partial charge on any atom is -0.382 e. The number of hydrogen-bond donors (Lipinski definition) is 4. The molecule has 2 heterocycles. The lowest BCUT2D eigenvalue weighted by atomic mass is 9.87. The minimum absolute atomic E-state index is 0.0285. The van der Waals surface area contributed by atoms with Gasteiger partial charge in [-0.2, -0.15) is 0 Å². The fourth-order valence-corrected chi connectivity index (χ4v) is 5.37. The summed E-state index contributed by atoms with van der Waals surface area (Å²) in [5, 5.41) is 6.65. The van der Waals surface area contributed by atoms with Crippen molar-refractivity contribution in [3.63, 3.8) is 0 Å². The Balaban J connectivity index is 1.62. The Morgan fingerprint density at radius 2 is 2.19 bits per heavy atom. The number of benzene rings is 1. The van der Waals surface area contributed by atoms with Gasteiger partial charge in [-0.05, 0) is 57.0 Å². The van der Waals surface area contributed by atoms with Gasteiger partial charge < -0.3 is 31.0 Å². The number of aromatic amines is 1. The zero-order valence-corrected chi connectivity index (χ0v) is 18.8. The van der Waals surface area contributed by atoms with Crippen molar-refractivity contribution in [2.24, 2.45) is 5.73 Å². The van der Waals surface area contributed by atoms with Crippen LogP contribution < -0.4 is 16.4 Å². The zero-order valence-electron chi connectivity index (χ0n) is 18.8. The molecule has 1 aliphatic carbocycles. The molecule has 4 rings (SSSR count). The second-order valence-corrected chi connectivity index (χ2v) is 9.07. The van der Waals surface area contributed by atoms with Crippen LogP contribution in [0.2, 0.25) is 0 Å². The molecule has 174 valence electrons. The number of aromatic nitrogens is 1. The summed E-state index contributed by atoms with van der Waals surface area (Å²) < 4.78 is 18.9. The van der Waals surface area contributed by atoms with Crippen molar-refractivity contribution in [2.75, 3.05) is 27.3 Å². The maximum absolute atomic E-state index is 13.7. The van der Waals surface area contributed by atoms with E-state index in [0.717, 1.165) is 29.3 Å². The van der Waals surface area contributed by atoms with Crippen LogP contribution in [0, 0.1) is 5.82 Å². The van der Waals surface area contributed by atoms with Crippen molar-refractivity contribution in [2.45, 2.75) is 55.8 Å². The predicted octanol–water partition coefficient (Wildman–Crippen LogP) is 1.22. The molecule has 1 aliphatic heterocycles. The maximum Gasteiger partial charge on any atom is 0.247 e. The third-order valence-electron chi connectivity index (χ3n) is 7.18. The van der Waals surface area contributed by atoms with Crippen LogP contribution in [-0.4, -0.2) is 72.7 Å². The molecule has 1 saturated carbocycles. The van der Waals surface area contributed by atoms with Crippen LogP contribution >= 0.6 is 0 Å². The van der Waals surface area contributed by atoms with Crippen LogP contribution in [0.25, 0.3) is 10.9 Å². The number of nitrogens with two attached hydrogens (primary N) is 1. The van der Waals surface area contributed by atoms with E-state index in [1.165, 1.54) is 19.2 Å². The number of ether oxygens (including phenoxy) is 1. The molecule has 8 nitrogen and oxygen atoms in total. The topological polar surface area (TPSA) is 112 Å². The Hall–Kier alpha value is -2.49. The van der Waals surface area contributed by atoms with Crippen LogP contribution in [0.3, 0.4) is 0 Å². The van der Waals surface area contributed by atoms with Gasteiger partial charge in [-0.15, -0.1) is 0 Å². The van der Waals surface area contributed by atoms with Gasteiger partial charge in [0.25, 0.3) is 0 Å². The summed E-state index contributed by atoms with van der Waals surface area (Å²) in [6.07, 6.45) is 4.26. The van der Waals surface area contributed by atoms with E-state index < -0.39 is 17.6 Å². The Labute approximate surface area is 187 Å². The molecule has 2 fully saturated rings. The number of amides is 2. The van der Waals surface area contributed by atoms with E-state index >= 15 is 0 Å². The first-order chi connectivity index (χ1) is 15.3. The van der Waals surface area contributed by atoms with Crippen LogP contribution in [0.4, 0.5) is 4.39 Å². The second kappa shape index (κ2) is 8.80. The number of H-pyrrole nitrogens is 1. The van der Waals surface area contributed by atoms with Crippen molar-refractivity contribution < 1.29 is 18.7 Å². The van der Waals surface area contributed by atoms with Crippen molar-refractivity contribution in [1.82, 2.24) is 20.5 Å². The molecule has 0 bridgehead atoms. The van der Waals surface area contributed by atoms with Crippen molar-refractivity contribution in [1.29, 1.82) is 0 Å². The van der Waals surface area contributed by atoms with E-state index in [2.05, 4.69) is 15.6 Å². The van der Waals surface area contributed by atoms with Gasteiger partial charge >= 0.3 is 0 Å². The molecule has 1 aromatic carbocycles. The van der Waals surface area contributed by atoms with Gasteiger partial charge in [0.1, 0.15) is 11.9 Å².